The van der Waals surface area contributed by atoms with Crippen molar-refractivity contribution in [3.63, 3.8) is 0 Å². The Morgan fingerprint density at radius 2 is 2.24 bits per heavy atom. The Balaban J connectivity index is 1.73. The van der Waals surface area contributed by atoms with E-state index in [1.165, 1.54) is 19.4 Å². The van der Waals surface area contributed by atoms with E-state index in [9.17, 15) is 4.79 Å². The molecule has 2 aliphatic heterocycles. The van der Waals surface area contributed by atoms with Gasteiger partial charge in [-0.2, -0.15) is 0 Å². The second kappa shape index (κ2) is 3.95. The molecule has 2 saturated heterocycles. The molecule has 1 N–H and O–H groups in total. The normalized spacial score (nSPS) is 36.8. The van der Waals surface area contributed by atoms with Gasteiger partial charge < -0.3 is 9.80 Å². The number of nitrogens with zero attached hydrogens (tertiary/aromatic N) is 2. The van der Waals surface area contributed by atoms with Crippen molar-refractivity contribution < 1.29 is 4.79 Å². The molecule has 0 aromatic heterocycles. The zero-order chi connectivity index (χ0) is 12.0. The number of amides is 1. The van der Waals surface area contributed by atoms with Gasteiger partial charge in [-0.25, -0.2) is 0 Å². The van der Waals surface area contributed by atoms with E-state index in [0.29, 0.717) is 11.9 Å². The molecule has 0 bridgehead atoms. The second-order valence-electron chi connectivity index (χ2n) is 5.80. The van der Waals surface area contributed by atoms with Crippen molar-refractivity contribution in [2.75, 3.05) is 19.6 Å². The summed E-state index contributed by atoms with van der Waals surface area (Å²) in [5, 5.41) is 3.49. The van der Waals surface area contributed by atoms with Crippen LogP contribution in [0.1, 0.15) is 39.5 Å². The highest BCUT2D eigenvalue weighted by molar-refractivity contribution is 5.92. The number of likely N-dealkylation sites (N-methyl/N-ethyl adjacent to an activating group) is 1. The lowest BCUT2D eigenvalue weighted by Gasteiger charge is -2.38. The maximum Gasteiger partial charge on any atom is 0.244 e. The quantitative estimate of drug-likeness (QED) is 0.771. The molecule has 4 nitrogen and oxygen atoms in total. The van der Waals surface area contributed by atoms with Gasteiger partial charge >= 0.3 is 0 Å². The van der Waals surface area contributed by atoms with Crippen LogP contribution in [0.15, 0.2) is 0 Å². The van der Waals surface area contributed by atoms with Crippen LogP contribution < -0.4 is 5.32 Å². The zero-order valence-electron chi connectivity index (χ0n) is 10.9. The molecule has 3 aliphatic rings. The number of piperidine rings is 1. The Hall–Kier alpha value is -0.610. The Morgan fingerprint density at radius 3 is 2.82 bits per heavy atom. The lowest BCUT2D eigenvalue weighted by atomic mass is 10.0. The topological polar surface area (TPSA) is 35.6 Å². The number of carbonyl (C=O) groups is 1. The molecule has 96 valence electrons. The molecule has 2 unspecified atom stereocenters. The SMILES string of the molecule is CCN1CCCC(N2C(=O)C3(CC3)NC2C)C1. The van der Waals surface area contributed by atoms with E-state index in [1.807, 2.05) is 0 Å². The van der Waals surface area contributed by atoms with Gasteiger partial charge in [0.1, 0.15) is 0 Å². The smallest absolute Gasteiger partial charge is 0.244 e. The first kappa shape index (κ1) is 11.5. The van der Waals surface area contributed by atoms with E-state index in [-0.39, 0.29) is 11.7 Å². The molecule has 0 radical (unpaired) electrons. The van der Waals surface area contributed by atoms with Crippen LogP contribution in [0.25, 0.3) is 0 Å². The van der Waals surface area contributed by atoms with Crippen LogP contribution in [0.2, 0.25) is 0 Å². The molecule has 4 heteroatoms. The molecule has 1 amide bonds. The van der Waals surface area contributed by atoms with E-state index in [2.05, 4.69) is 29.0 Å². The summed E-state index contributed by atoms with van der Waals surface area (Å²) in [6.07, 6.45) is 4.70. The van der Waals surface area contributed by atoms with Crippen LogP contribution in [0.4, 0.5) is 0 Å². The van der Waals surface area contributed by atoms with Crippen LogP contribution >= 0.6 is 0 Å². The third-order valence-corrected chi connectivity index (χ3v) is 4.62. The van der Waals surface area contributed by atoms with Crippen LogP contribution in [0.3, 0.4) is 0 Å². The van der Waals surface area contributed by atoms with Gasteiger partial charge in [-0.3, -0.25) is 10.1 Å². The Labute approximate surface area is 103 Å². The van der Waals surface area contributed by atoms with E-state index in [1.54, 1.807) is 0 Å². The van der Waals surface area contributed by atoms with Crippen molar-refractivity contribution in [2.45, 2.75) is 57.3 Å². The lowest BCUT2D eigenvalue weighted by molar-refractivity contribution is -0.133. The van der Waals surface area contributed by atoms with Crippen LogP contribution in [-0.4, -0.2) is 53.1 Å². The molecule has 3 fully saturated rings. The van der Waals surface area contributed by atoms with Crippen molar-refractivity contribution in [3.8, 4) is 0 Å². The predicted molar refractivity (Wildman–Crippen MR) is 66.5 cm³/mol. The van der Waals surface area contributed by atoms with Crippen LogP contribution in [-0.2, 0) is 4.79 Å². The number of likely N-dealkylation sites (tertiary alicyclic amines) is 1. The molecule has 1 spiro atoms. The first-order valence-corrected chi connectivity index (χ1v) is 6.99. The van der Waals surface area contributed by atoms with Gasteiger partial charge in [-0.15, -0.1) is 0 Å². The molecule has 2 heterocycles. The number of hydrogen-bond acceptors (Lipinski definition) is 3. The Bertz CT molecular complexity index is 327. The molecule has 1 saturated carbocycles. The average molecular weight is 237 g/mol. The molecule has 1 aliphatic carbocycles. The summed E-state index contributed by atoms with van der Waals surface area (Å²) in [4.78, 5) is 17.0. The Morgan fingerprint density at radius 1 is 1.47 bits per heavy atom. The fourth-order valence-electron chi connectivity index (χ4n) is 3.46. The zero-order valence-corrected chi connectivity index (χ0v) is 10.9. The summed E-state index contributed by atoms with van der Waals surface area (Å²) in [6, 6.07) is 0.429. The summed E-state index contributed by atoms with van der Waals surface area (Å²) in [7, 11) is 0. The van der Waals surface area contributed by atoms with Crippen molar-refractivity contribution in [2.24, 2.45) is 0 Å². The van der Waals surface area contributed by atoms with E-state index < -0.39 is 0 Å². The Kier molecular flexibility index (Phi) is 2.67. The van der Waals surface area contributed by atoms with Gasteiger partial charge in [-0.05, 0) is 45.7 Å². The van der Waals surface area contributed by atoms with E-state index in [0.717, 1.165) is 25.9 Å². The third-order valence-electron chi connectivity index (χ3n) is 4.62. The molecule has 17 heavy (non-hydrogen) atoms. The van der Waals surface area contributed by atoms with Crippen molar-refractivity contribution in [1.29, 1.82) is 0 Å². The second-order valence-corrected chi connectivity index (χ2v) is 5.80. The van der Waals surface area contributed by atoms with Gasteiger partial charge in [0, 0.05) is 12.6 Å². The van der Waals surface area contributed by atoms with Crippen molar-refractivity contribution in [3.05, 3.63) is 0 Å². The number of carbonyl (C=O) groups excluding carboxylic acids is 1. The monoisotopic (exact) mass is 237 g/mol. The van der Waals surface area contributed by atoms with E-state index in [4.69, 9.17) is 0 Å². The largest absolute Gasteiger partial charge is 0.322 e. The fraction of sp³-hybridized carbons (Fsp3) is 0.923. The molecular weight excluding hydrogens is 214 g/mol. The highest BCUT2D eigenvalue weighted by Crippen LogP contribution is 2.43. The number of rotatable bonds is 2. The lowest BCUT2D eigenvalue weighted by Crippen LogP contribution is -2.51. The molecular formula is C13H23N3O. The van der Waals surface area contributed by atoms with Crippen LogP contribution in [0.5, 0.6) is 0 Å². The minimum absolute atomic E-state index is 0.145. The highest BCUT2D eigenvalue weighted by atomic mass is 16.2. The number of nitrogens with one attached hydrogen (secondary N) is 1. The first-order valence-electron chi connectivity index (χ1n) is 6.99. The minimum atomic E-state index is -0.145. The van der Waals surface area contributed by atoms with Gasteiger partial charge in [-0.1, -0.05) is 6.92 Å². The van der Waals surface area contributed by atoms with E-state index >= 15 is 0 Å². The standard InChI is InChI=1S/C13H23N3O/c1-3-15-8-4-5-11(9-15)16-10(2)14-13(6-7-13)12(16)17/h10-11,14H,3-9H2,1-2H3. The maximum atomic E-state index is 12.4. The van der Waals surface area contributed by atoms with Crippen LogP contribution in [0, 0.1) is 0 Å². The molecule has 0 aromatic rings. The van der Waals surface area contributed by atoms with Gasteiger partial charge in [0.2, 0.25) is 5.91 Å². The van der Waals surface area contributed by atoms with Crippen molar-refractivity contribution in [1.82, 2.24) is 15.1 Å². The predicted octanol–water partition coefficient (Wildman–Crippen LogP) is 0.781. The third kappa shape index (κ3) is 1.78. The number of hydrogen-bond donors (Lipinski definition) is 1. The van der Waals surface area contributed by atoms with Gasteiger partial charge in [0.25, 0.3) is 0 Å². The maximum absolute atomic E-state index is 12.4. The summed E-state index contributed by atoms with van der Waals surface area (Å²) < 4.78 is 0. The minimum Gasteiger partial charge on any atom is -0.322 e. The summed E-state index contributed by atoms with van der Waals surface area (Å²) in [5.41, 5.74) is -0.145. The first-order chi connectivity index (χ1) is 8.16. The molecule has 0 aromatic carbocycles. The van der Waals surface area contributed by atoms with Gasteiger partial charge in [0.15, 0.2) is 0 Å². The highest BCUT2D eigenvalue weighted by Gasteiger charge is 2.59. The summed E-state index contributed by atoms with van der Waals surface area (Å²) >= 11 is 0. The molecule has 3 rings (SSSR count). The summed E-state index contributed by atoms with van der Waals surface area (Å²) in [5.74, 6) is 0.368. The van der Waals surface area contributed by atoms with Crippen molar-refractivity contribution >= 4 is 5.91 Å². The molecule has 2 atom stereocenters. The summed E-state index contributed by atoms with van der Waals surface area (Å²) in [6.45, 7) is 7.70. The van der Waals surface area contributed by atoms with Gasteiger partial charge in [0.05, 0.1) is 11.7 Å². The average Bonchev–Trinajstić information content (AvgIpc) is 3.05. The fourth-order valence-corrected chi connectivity index (χ4v) is 3.46.